The van der Waals surface area contributed by atoms with E-state index < -0.39 is 5.82 Å². The van der Waals surface area contributed by atoms with E-state index in [0.29, 0.717) is 11.5 Å². The monoisotopic (exact) mass is 244 g/mol. The Kier molecular flexibility index (Phi) is 2.22. The summed E-state index contributed by atoms with van der Waals surface area (Å²) >= 11 is 0. The van der Waals surface area contributed by atoms with Crippen LogP contribution in [-0.2, 0) is 0 Å². The molecule has 0 amide bonds. The van der Waals surface area contributed by atoms with Gasteiger partial charge in [-0.2, -0.15) is 5.10 Å². The zero-order chi connectivity index (χ0) is 12.7. The fourth-order valence-electron chi connectivity index (χ4n) is 1.74. The maximum atomic E-state index is 13.0. The van der Waals surface area contributed by atoms with Crippen molar-refractivity contribution in [2.24, 2.45) is 0 Å². The van der Waals surface area contributed by atoms with Gasteiger partial charge in [0.15, 0.2) is 0 Å². The molecule has 2 heterocycles. The van der Waals surface area contributed by atoms with Gasteiger partial charge in [0.2, 0.25) is 5.95 Å². The first-order valence-corrected chi connectivity index (χ1v) is 5.35. The summed E-state index contributed by atoms with van der Waals surface area (Å²) in [5.41, 5.74) is 1.00. The van der Waals surface area contributed by atoms with Crippen LogP contribution in [0.2, 0.25) is 0 Å². The lowest BCUT2D eigenvalue weighted by Crippen LogP contribution is -2.13. The van der Waals surface area contributed by atoms with Crippen molar-refractivity contribution in [3.05, 3.63) is 52.3 Å². The average molecular weight is 244 g/mol. The molecule has 5 nitrogen and oxygen atoms in total. The summed E-state index contributed by atoms with van der Waals surface area (Å²) in [6.07, 6.45) is 3.41. The summed E-state index contributed by atoms with van der Waals surface area (Å²) in [6.45, 7) is 1.89. The van der Waals surface area contributed by atoms with Crippen molar-refractivity contribution in [1.82, 2.24) is 19.7 Å². The molecule has 3 rings (SSSR count). The van der Waals surface area contributed by atoms with Crippen LogP contribution in [0.3, 0.4) is 0 Å². The minimum absolute atomic E-state index is 0.225. The highest BCUT2D eigenvalue weighted by Crippen LogP contribution is 2.10. The van der Waals surface area contributed by atoms with Crippen LogP contribution >= 0.6 is 0 Å². The minimum Gasteiger partial charge on any atom is -0.290 e. The molecule has 0 saturated carbocycles. The van der Waals surface area contributed by atoms with Gasteiger partial charge in [-0.3, -0.25) is 9.78 Å². The molecule has 3 aromatic rings. The number of aromatic amines is 1. The van der Waals surface area contributed by atoms with E-state index in [4.69, 9.17) is 0 Å². The third-order valence-corrected chi connectivity index (χ3v) is 2.58. The van der Waals surface area contributed by atoms with Crippen molar-refractivity contribution < 1.29 is 4.39 Å². The summed E-state index contributed by atoms with van der Waals surface area (Å²) in [5, 5.41) is 4.29. The van der Waals surface area contributed by atoms with E-state index in [-0.39, 0.29) is 10.9 Å². The molecule has 18 heavy (non-hydrogen) atoms. The van der Waals surface area contributed by atoms with Gasteiger partial charge in [-0.15, -0.1) is 0 Å². The Bertz CT molecular complexity index is 790. The van der Waals surface area contributed by atoms with Gasteiger partial charge in [0.25, 0.3) is 5.56 Å². The smallest absolute Gasteiger partial charge is 0.260 e. The Labute approximate surface area is 101 Å². The molecule has 0 radical (unpaired) electrons. The lowest BCUT2D eigenvalue weighted by atomic mass is 10.2. The van der Waals surface area contributed by atoms with Gasteiger partial charge in [-0.25, -0.2) is 14.1 Å². The lowest BCUT2D eigenvalue weighted by Gasteiger charge is -2.02. The van der Waals surface area contributed by atoms with E-state index in [0.717, 1.165) is 5.56 Å². The topological polar surface area (TPSA) is 63.6 Å². The van der Waals surface area contributed by atoms with Crippen LogP contribution < -0.4 is 5.56 Å². The predicted octanol–water partition coefficient (Wildman–Crippen LogP) is 1.56. The summed E-state index contributed by atoms with van der Waals surface area (Å²) < 4.78 is 14.5. The number of hydrogen-bond acceptors (Lipinski definition) is 3. The lowest BCUT2D eigenvalue weighted by molar-refractivity contribution is 0.629. The molecule has 0 bridgehead atoms. The highest BCUT2D eigenvalue weighted by molar-refractivity contribution is 5.77. The number of halogens is 1. The Morgan fingerprint density at radius 1 is 1.39 bits per heavy atom. The van der Waals surface area contributed by atoms with Crippen molar-refractivity contribution >= 4 is 10.9 Å². The van der Waals surface area contributed by atoms with Crippen molar-refractivity contribution in [3.8, 4) is 5.95 Å². The van der Waals surface area contributed by atoms with Gasteiger partial charge in [-0.1, -0.05) is 0 Å². The van der Waals surface area contributed by atoms with Crippen LogP contribution in [0.4, 0.5) is 4.39 Å². The molecular formula is C12H9FN4O. The van der Waals surface area contributed by atoms with E-state index in [1.165, 1.54) is 22.9 Å². The molecule has 1 aromatic carbocycles. The van der Waals surface area contributed by atoms with Gasteiger partial charge in [-0.05, 0) is 30.7 Å². The van der Waals surface area contributed by atoms with Crippen molar-refractivity contribution in [2.75, 3.05) is 0 Å². The zero-order valence-electron chi connectivity index (χ0n) is 9.51. The second kappa shape index (κ2) is 3.76. The Morgan fingerprint density at radius 2 is 2.22 bits per heavy atom. The number of H-pyrrole nitrogens is 1. The number of benzene rings is 1. The van der Waals surface area contributed by atoms with E-state index in [9.17, 15) is 9.18 Å². The van der Waals surface area contributed by atoms with Crippen molar-refractivity contribution in [2.45, 2.75) is 6.92 Å². The third kappa shape index (κ3) is 1.67. The maximum Gasteiger partial charge on any atom is 0.260 e. The molecule has 2 aromatic heterocycles. The molecule has 0 aliphatic heterocycles. The Morgan fingerprint density at radius 3 is 2.94 bits per heavy atom. The van der Waals surface area contributed by atoms with Crippen LogP contribution in [0.1, 0.15) is 5.56 Å². The van der Waals surface area contributed by atoms with Crippen LogP contribution in [0.5, 0.6) is 0 Å². The van der Waals surface area contributed by atoms with E-state index in [1.807, 2.05) is 6.92 Å². The highest BCUT2D eigenvalue weighted by atomic mass is 19.1. The predicted molar refractivity (Wildman–Crippen MR) is 64.2 cm³/mol. The first kappa shape index (κ1) is 10.6. The molecule has 90 valence electrons. The quantitative estimate of drug-likeness (QED) is 0.706. The molecule has 0 atom stereocenters. The minimum atomic E-state index is -0.461. The highest BCUT2D eigenvalue weighted by Gasteiger charge is 2.07. The van der Waals surface area contributed by atoms with Gasteiger partial charge in [0.1, 0.15) is 5.82 Å². The number of hydrogen-bond donors (Lipinski definition) is 1. The van der Waals surface area contributed by atoms with Gasteiger partial charge < -0.3 is 0 Å². The summed E-state index contributed by atoms with van der Waals surface area (Å²) in [6, 6.07) is 3.91. The molecule has 6 heteroatoms. The van der Waals surface area contributed by atoms with Gasteiger partial charge >= 0.3 is 0 Å². The third-order valence-electron chi connectivity index (χ3n) is 2.58. The molecule has 0 fully saturated rings. The first-order valence-electron chi connectivity index (χ1n) is 5.35. The first-order chi connectivity index (χ1) is 8.63. The number of fused-ring (bicyclic) bond motifs is 1. The van der Waals surface area contributed by atoms with Crippen LogP contribution in [-0.4, -0.2) is 19.7 Å². The molecule has 0 saturated heterocycles. The standard InChI is InChI=1S/C12H9FN4O/c1-7-5-14-17(6-7)12-15-10-3-2-8(13)4-9(10)11(18)16-12/h2-6H,1H3,(H,15,16,18). The second-order valence-corrected chi connectivity index (χ2v) is 4.01. The number of aryl methyl sites for hydroxylation is 1. The number of nitrogens with zero attached hydrogens (tertiary/aromatic N) is 3. The van der Waals surface area contributed by atoms with Crippen LogP contribution in [0.15, 0.2) is 35.4 Å². The summed E-state index contributed by atoms with van der Waals surface area (Å²) in [7, 11) is 0. The molecule has 0 unspecified atom stereocenters. The van der Waals surface area contributed by atoms with Gasteiger partial charge in [0.05, 0.1) is 17.1 Å². The normalized spacial score (nSPS) is 11.0. The number of aromatic nitrogens is 4. The Hall–Kier alpha value is -2.50. The summed E-state index contributed by atoms with van der Waals surface area (Å²) in [4.78, 5) is 18.6. The largest absolute Gasteiger partial charge is 0.290 e. The van der Waals surface area contributed by atoms with Crippen molar-refractivity contribution in [3.63, 3.8) is 0 Å². The molecular weight excluding hydrogens is 235 g/mol. The molecule has 1 N–H and O–H groups in total. The maximum absolute atomic E-state index is 13.0. The van der Waals surface area contributed by atoms with E-state index in [2.05, 4.69) is 15.1 Å². The zero-order valence-corrected chi connectivity index (χ0v) is 9.51. The van der Waals surface area contributed by atoms with E-state index in [1.54, 1.807) is 12.4 Å². The SMILES string of the molecule is Cc1cnn(-c2nc3ccc(F)cc3c(=O)[nH]2)c1. The fourth-order valence-corrected chi connectivity index (χ4v) is 1.74. The van der Waals surface area contributed by atoms with Crippen LogP contribution in [0, 0.1) is 12.7 Å². The number of rotatable bonds is 1. The molecule has 0 aliphatic rings. The van der Waals surface area contributed by atoms with E-state index >= 15 is 0 Å². The molecule has 0 aliphatic carbocycles. The summed E-state index contributed by atoms with van der Waals surface area (Å²) in [5.74, 6) is -0.148. The fraction of sp³-hybridized carbons (Fsp3) is 0.0833. The van der Waals surface area contributed by atoms with Gasteiger partial charge in [0, 0.05) is 6.20 Å². The number of nitrogens with one attached hydrogen (secondary N) is 1. The molecule has 0 spiro atoms. The van der Waals surface area contributed by atoms with Crippen LogP contribution in [0.25, 0.3) is 16.9 Å². The van der Waals surface area contributed by atoms with Crippen molar-refractivity contribution in [1.29, 1.82) is 0 Å². The second-order valence-electron chi connectivity index (χ2n) is 4.01. The Balaban J connectivity index is 2.28. The average Bonchev–Trinajstić information content (AvgIpc) is 2.77.